The Morgan fingerprint density at radius 3 is 2.19 bits per heavy atom. The lowest BCUT2D eigenvalue weighted by molar-refractivity contribution is -0.137. The van der Waals surface area contributed by atoms with Crippen molar-refractivity contribution in [3.8, 4) is 0 Å². The molecule has 0 radical (unpaired) electrons. The number of aryl methyl sites for hydroxylation is 1. The van der Waals surface area contributed by atoms with Crippen molar-refractivity contribution < 1.29 is 17.6 Å². The number of hydrogen-bond acceptors (Lipinski definition) is 0. The number of alkyl halides is 4. The lowest BCUT2D eigenvalue weighted by Crippen LogP contribution is -2.05. The van der Waals surface area contributed by atoms with Crippen LogP contribution in [0.5, 0.6) is 0 Å². The molecule has 0 N–H and O–H groups in total. The predicted octanol–water partition coefficient (Wildman–Crippen LogP) is 5.83. The zero-order chi connectivity index (χ0) is 15.6. The average molecular weight is 361 g/mol. The summed E-state index contributed by atoms with van der Waals surface area (Å²) in [4.78, 5) is -0.0742. The van der Waals surface area contributed by atoms with E-state index in [4.69, 9.17) is 0 Å². The highest BCUT2D eigenvalue weighted by Gasteiger charge is 2.30. The van der Waals surface area contributed by atoms with Crippen molar-refractivity contribution in [2.75, 3.05) is 0 Å². The molecule has 0 saturated carbocycles. The van der Waals surface area contributed by atoms with Crippen LogP contribution in [0.4, 0.5) is 17.6 Å². The molecule has 0 fully saturated rings. The van der Waals surface area contributed by atoms with Crippen LogP contribution in [0.15, 0.2) is 42.5 Å². The molecule has 2 aromatic carbocycles. The Morgan fingerprint density at radius 2 is 1.67 bits per heavy atom. The van der Waals surface area contributed by atoms with Crippen molar-refractivity contribution in [1.29, 1.82) is 0 Å². The van der Waals surface area contributed by atoms with Crippen molar-refractivity contribution >= 4 is 15.9 Å². The second-order valence-electron chi connectivity index (χ2n) is 4.87. The molecule has 0 aliphatic heterocycles. The van der Waals surface area contributed by atoms with Gasteiger partial charge in [-0.05, 0) is 54.3 Å². The average Bonchev–Trinajstić information content (AvgIpc) is 2.38. The van der Waals surface area contributed by atoms with E-state index in [1.807, 2.05) is 0 Å². The molecule has 0 aliphatic carbocycles. The van der Waals surface area contributed by atoms with E-state index >= 15 is 0 Å². The first-order valence-electron chi connectivity index (χ1n) is 6.33. The van der Waals surface area contributed by atoms with Gasteiger partial charge in [0, 0.05) is 4.83 Å². The van der Waals surface area contributed by atoms with Gasteiger partial charge in [-0.25, -0.2) is 4.39 Å². The summed E-state index contributed by atoms with van der Waals surface area (Å²) in [5.74, 6) is -0.300. The normalized spacial score (nSPS) is 13.2. The molecule has 0 saturated heterocycles. The van der Waals surface area contributed by atoms with Crippen molar-refractivity contribution in [3.63, 3.8) is 0 Å². The van der Waals surface area contributed by atoms with Crippen LogP contribution in [0.3, 0.4) is 0 Å². The molecule has 0 heterocycles. The summed E-state index contributed by atoms with van der Waals surface area (Å²) >= 11 is 3.51. The maximum Gasteiger partial charge on any atom is 0.416 e. The molecule has 5 heteroatoms. The van der Waals surface area contributed by atoms with Gasteiger partial charge in [-0.2, -0.15) is 13.2 Å². The van der Waals surface area contributed by atoms with Crippen LogP contribution in [0.2, 0.25) is 0 Å². The molecule has 0 aliphatic rings. The van der Waals surface area contributed by atoms with E-state index in [0.29, 0.717) is 6.42 Å². The van der Waals surface area contributed by atoms with Gasteiger partial charge in [-0.15, -0.1) is 0 Å². The Kier molecular flexibility index (Phi) is 4.71. The first-order chi connectivity index (χ1) is 9.77. The molecule has 21 heavy (non-hydrogen) atoms. The van der Waals surface area contributed by atoms with E-state index in [1.165, 1.54) is 24.3 Å². The minimum absolute atomic E-state index is 0.0742. The van der Waals surface area contributed by atoms with Crippen molar-refractivity contribution in [3.05, 3.63) is 70.5 Å². The molecule has 1 unspecified atom stereocenters. The lowest BCUT2D eigenvalue weighted by Gasteiger charge is -2.14. The first-order valence-corrected chi connectivity index (χ1v) is 7.25. The standard InChI is InChI=1S/C16H13BrF4/c1-10-8-13(18)6-7-14(10)15(17)9-11-2-4-12(5-3-11)16(19,20)21/h2-8,15H,9H2,1H3. The first kappa shape index (κ1) is 16.0. The van der Waals surface area contributed by atoms with E-state index < -0.39 is 11.7 Å². The largest absolute Gasteiger partial charge is 0.416 e. The fourth-order valence-electron chi connectivity index (χ4n) is 2.14. The fourth-order valence-corrected chi connectivity index (χ4v) is 3.02. The molecular formula is C16H13BrF4. The predicted molar refractivity (Wildman–Crippen MR) is 78.0 cm³/mol. The van der Waals surface area contributed by atoms with E-state index in [-0.39, 0.29) is 10.6 Å². The van der Waals surface area contributed by atoms with Crippen LogP contribution in [0, 0.1) is 12.7 Å². The van der Waals surface area contributed by atoms with E-state index in [9.17, 15) is 17.6 Å². The van der Waals surface area contributed by atoms with Crippen LogP contribution in [-0.4, -0.2) is 0 Å². The fraction of sp³-hybridized carbons (Fsp3) is 0.250. The number of benzene rings is 2. The third kappa shape index (κ3) is 4.06. The minimum atomic E-state index is -4.32. The molecular weight excluding hydrogens is 348 g/mol. The summed E-state index contributed by atoms with van der Waals surface area (Å²) in [6, 6.07) is 9.60. The molecule has 2 rings (SSSR count). The molecule has 0 spiro atoms. The third-order valence-corrected chi connectivity index (χ3v) is 4.08. The maximum atomic E-state index is 13.1. The molecule has 0 nitrogen and oxygen atoms in total. The number of rotatable bonds is 3. The molecule has 1 atom stereocenters. The Balaban J connectivity index is 2.14. The quantitative estimate of drug-likeness (QED) is 0.477. The van der Waals surface area contributed by atoms with Gasteiger partial charge in [0.2, 0.25) is 0 Å². The van der Waals surface area contributed by atoms with Gasteiger partial charge in [-0.1, -0.05) is 34.1 Å². The summed E-state index contributed by atoms with van der Waals surface area (Å²) in [6.07, 6.45) is -3.79. The second-order valence-corrected chi connectivity index (χ2v) is 5.97. The molecule has 0 amide bonds. The Morgan fingerprint density at radius 1 is 1.05 bits per heavy atom. The van der Waals surface area contributed by atoms with Gasteiger partial charge in [-0.3, -0.25) is 0 Å². The number of hydrogen-bond donors (Lipinski definition) is 0. The smallest absolute Gasteiger partial charge is 0.207 e. The van der Waals surface area contributed by atoms with Crippen LogP contribution in [0.1, 0.15) is 27.1 Å². The topological polar surface area (TPSA) is 0 Å². The lowest BCUT2D eigenvalue weighted by atomic mass is 9.99. The highest BCUT2D eigenvalue weighted by atomic mass is 79.9. The second kappa shape index (κ2) is 6.18. The van der Waals surface area contributed by atoms with Crippen molar-refractivity contribution in [2.45, 2.75) is 24.3 Å². The zero-order valence-corrected chi connectivity index (χ0v) is 12.8. The van der Waals surface area contributed by atoms with E-state index in [1.54, 1.807) is 13.0 Å². The molecule has 112 valence electrons. The number of halogens is 5. The monoisotopic (exact) mass is 360 g/mol. The third-order valence-electron chi connectivity index (χ3n) is 3.27. The molecule has 0 bridgehead atoms. The van der Waals surface area contributed by atoms with Gasteiger partial charge in [0.15, 0.2) is 0 Å². The van der Waals surface area contributed by atoms with Gasteiger partial charge < -0.3 is 0 Å². The minimum Gasteiger partial charge on any atom is -0.207 e. The SMILES string of the molecule is Cc1cc(F)ccc1C(Br)Cc1ccc(C(F)(F)F)cc1. The van der Waals surface area contributed by atoms with Crippen LogP contribution < -0.4 is 0 Å². The Hall–Kier alpha value is -1.36. The molecule has 2 aromatic rings. The van der Waals surface area contributed by atoms with Gasteiger partial charge >= 0.3 is 6.18 Å². The summed E-state index contributed by atoms with van der Waals surface area (Å²) in [7, 11) is 0. The maximum absolute atomic E-state index is 13.1. The highest BCUT2D eigenvalue weighted by molar-refractivity contribution is 9.09. The van der Waals surface area contributed by atoms with Crippen molar-refractivity contribution in [2.24, 2.45) is 0 Å². The van der Waals surface area contributed by atoms with Gasteiger partial charge in [0.25, 0.3) is 0 Å². The van der Waals surface area contributed by atoms with Gasteiger partial charge in [0.05, 0.1) is 5.56 Å². The summed E-state index contributed by atoms with van der Waals surface area (Å²) in [6.45, 7) is 1.80. The summed E-state index contributed by atoms with van der Waals surface area (Å²) in [5, 5.41) is 0. The van der Waals surface area contributed by atoms with Crippen LogP contribution in [0.25, 0.3) is 0 Å². The molecule has 0 aromatic heterocycles. The Bertz CT molecular complexity index is 617. The van der Waals surface area contributed by atoms with Crippen LogP contribution in [-0.2, 0) is 12.6 Å². The highest BCUT2D eigenvalue weighted by Crippen LogP contribution is 2.32. The summed E-state index contributed by atoms with van der Waals surface area (Å²) in [5.41, 5.74) is 1.86. The van der Waals surface area contributed by atoms with Crippen molar-refractivity contribution in [1.82, 2.24) is 0 Å². The summed E-state index contributed by atoms with van der Waals surface area (Å²) < 4.78 is 50.6. The van der Waals surface area contributed by atoms with Gasteiger partial charge in [0.1, 0.15) is 5.82 Å². The van der Waals surface area contributed by atoms with E-state index in [0.717, 1.165) is 28.8 Å². The van der Waals surface area contributed by atoms with E-state index in [2.05, 4.69) is 15.9 Å². The zero-order valence-electron chi connectivity index (χ0n) is 11.2. The Labute approximate surface area is 128 Å². The van der Waals surface area contributed by atoms with Crippen LogP contribution >= 0.6 is 15.9 Å².